The van der Waals surface area contributed by atoms with Crippen molar-refractivity contribution in [3.05, 3.63) is 100 Å². The van der Waals surface area contributed by atoms with Crippen molar-refractivity contribution >= 4 is 23.1 Å². The van der Waals surface area contributed by atoms with Crippen LogP contribution in [0.3, 0.4) is 0 Å². The van der Waals surface area contributed by atoms with Gasteiger partial charge in [-0.25, -0.2) is 4.39 Å². The van der Waals surface area contributed by atoms with Crippen LogP contribution in [-0.2, 0) is 15.8 Å². The highest BCUT2D eigenvalue weighted by Gasteiger charge is 2.47. The topological polar surface area (TPSA) is 66.8 Å². The Bertz CT molecular complexity index is 1330. The summed E-state index contributed by atoms with van der Waals surface area (Å²) in [6.07, 6.45) is -4.59. The number of aliphatic hydroxyl groups is 1. The molecule has 0 aliphatic carbocycles. The van der Waals surface area contributed by atoms with Gasteiger partial charge in [-0.05, 0) is 72.6 Å². The number of amides is 1. The minimum Gasteiger partial charge on any atom is -0.507 e. The number of aliphatic hydroxyl groups excluding tert-OH is 1. The van der Waals surface area contributed by atoms with Crippen LogP contribution < -0.4 is 9.64 Å². The molecule has 9 heteroatoms. The predicted octanol–water partition coefficient (Wildman–Crippen LogP) is 5.79. The number of anilines is 1. The third-order valence-electron chi connectivity index (χ3n) is 5.77. The number of halogens is 4. The summed E-state index contributed by atoms with van der Waals surface area (Å²) in [6, 6.07) is 12.1. The number of hydrogen-bond acceptors (Lipinski definition) is 4. The normalized spacial score (nSPS) is 17.7. The van der Waals surface area contributed by atoms with Crippen molar-refractivity contribution in [1.82, 2.24) is 0 Å². The zero-order valence-electron chi connectivity index (χ0n) is 18.6. The molecule has 5 nitrogen and oxygen atoms in total. The van der Waals surface area contributed by atoms with Gasteiger partial charge < -0.3 is 9.84 Å². The van der Waals surface area contributed by atoms with E-state index in [2.05, 4.69) is 0 Å². The third-order valence-corrected chi connectivity index (χ3v) is 5.77. The molecule has 0 aromatic heterocycles. The van der Waals surface area contributed by atoms with Gasteiger partial charge in [0.1, 0.15) is 17.3 Å². The second-order valence-electron chi connectivity index (χ2n) is 7.95. The summed E-state index contributed by atoms with van der Waals surface area (Å²) < 4.78 is 57.9. The molecule has 1 fully saturated rings. The van der Waals surface area contributed by atoms with E-state index in [1.165, 1.54) is 25.3 Å². The van der Waals surface area contributed by atoms with Crippen LogP contribution in [0.1, 0.15) is 28.3 Å². The fraction of sp³-hybridized carbons (Fsp3) is 0.154. The summed E-state index contributed by atoms with van der Waals surface area (Å²) in [5.74, 6) is -2.55. The number of rotatable bonds is 4. The number of ether oxygens (including phenoxy) is 1. The van der Waals surface area contributed by atoms with E-state index in [1.807, 2.05) is 0 Å². The zero-order valence-corrected chi connectivity index (χ0v) is 18.6. The first kappa shape index (κ1) is 24.0. The first-order chi connectivity index (χ1) is 16.5. The van der Waals surface area contributed by atoms with E-state index in [4.69, 9.17) is 4.74 Å². The fourth-order valence-electron chi connectivity index (χ4n) is 4.05. The number of ketones is 1. The molecule has 1 aliphatic rings. The Morgan fingerprint density at radius 3 is 2.14 bits per heavy atom. The maximum Gasteiger partial charge on any atom is 0.416 e. The summed E-state index contributed by atoms with van der Waals surface area (Å²) >= 11 is 0. The number of methoxy groups -OCH3 is 1. The van der Waals surface area contributed by atoms with Crippen LogP contribution in [-0.4, -0.2) is 23.9 Å². The molecule has 0 saturated carbocycles. The van der Waals surface area contributed by atoms with Crippen LogP contribution in [0.2, 0.25) is 0 Å². The minimum absolute atomic E-state index is 0.0133. The van der Waals surface area contributed by atoms with Crippen molar-refractivity contribution in [2.75, 3.05) is 12.0 Å². The molecule has 1 atom stereocenters. The largest absolute Gasteiger partial charge is 0.507 e. The molecule has 1 N–H and O–H groups in total. The molecular weight excluding hydrogens is 466 g/mol. The standard InChI is InChI=1S/C26H19F4NO4/c1-14-13-16(5-12-20(14)35-2)23(32)21-22(15-3-8-18(27)9-4-15)31(25(34)24(21)33)19-10-6-17(7-11-19)26(28,29)30/h3-13,22,32H,1-2H3/b23-21-. The summed E-state index contributed by atoms with van der Waals surface area (Å²) in [5.41, 5.74) is 0.000276. The third kappa shape index (κ3) is 4.37. The number of aryl methyl sites for hydroxylation is 1. The number of carbonyl (C=O) groups is 2. The molecule has 1 saturated heterocycles. The van der Waals surface area contributed by atoms with Crippen LogP contribution in [0.25, 0.3) is 5.76 Å². The summed E-state index contributed by atoms with van der Waals surface area (Å²) in [7, 11) is 1.48. The van der Waals surface area contributed by atoms with E-state index in [0.717, 1.165) is 41.3 Å². The van der Waals surface area contributed by atoms with E-state index in [0.29, 0.717) is 11.3 Å². The van der Waals surface area contributed by atoms with Gasteiger partial charge in [-0.1, -0.05) is 12.1 Å². The molecule has 35 heavy (non-hydrogen) atoms. The van der Waals surface area contributed by atoms with Gasteiger partial charge in [0.25, 0.3) is 11.7 Å². The average Bonchev–Trinajstić information content (AvgIpc) is 3.09. The fourth-order valence-corrected chi connectivity index (χ4v) is 4.05. The van der Waals surface area contributed by atoms with Crippen LogP contribution in [0, 0.1) is 12.7 Å². The van der Waals surface area contributed by atoms with E-state index >= 15 is 0 Å². The van der Waals surface area contributed by atoms with Crippen molar-refractivity contribution in [2.45, 2.75) is 19.1 Å². The molecule has 4 rings (SSSR count). The second-order valence-corrected chi connectivity index (χ2v) is 7.95. The molecule has 180 valence electrons. The van der Waals surface area contributed by atoms with Gasteiger partial charge in [0.05, 0.1) is 24.3 Å². The predicted molar refractivity (Wildman–Crippen MR) is 120 cm³/mol. The van der Waals surface area contributed by atoms with Crippen LogP contribution >= 0.6 is 0 Å². The van der Waals surface area contributed by atoms with Crippen LogP contribution in [0.5, 0.6) is 5.75 Å². The van der Waals surface area contributed by atoms with Crippen molar-refractivity contribution in [3.63, 3.8) is 0 Å². The summed E-state index contributed by atoms with van der Waals surface area (Å²) in [5, 5.41) is 11.1. The lowest BCUT2D eigenvalue weighted by molar-refractivity contribution is -0.137. The van der Waals surface area contributed by atoms with Gasteiger partial charge in [0.2, 0.25) is 0 Å². The van der Waals surface area contributed by atoms with Crippen molar-refractivity contribution in [1.29, 1.82) is 0 Å². The van der Waals surface area contributed by atoms with E-state index in [-0.39, 0.29) is 22.4 Å². The molecule has 1 unspecified atom stereocenters. The van der Waals surface area contributed by atoms with Crippen LogP contribution in [0.15, 0.2) is 72.3 Å². The van der Waals surface area contributed by atoms with Gasteiger partial charge in [-0.15, -0.1) is 0 Å². The molecule has 3 aromatic carbocycles. The molecule has 1 aliphatic heterocycles. The second kappa shape index (κ2) is 8.90. The summed E-state index contributed by atoms with van der Waals surface area (Å²) in [4.78, 5) is 27.2. The highest BCUT2D eigenvalue weighted by Crippen LogP contribution is 2.43. The Hall–Kier alpha value is -4.14. The molecule has 3 aromatic rings. The average molecular weight is 485 g/mol. The smallest absolute Gasteiger partial charge is 0.416 e. The Morgan fingerprint density at radius 1 is 0.971 bits per heavy atom. The number of Topliss-reactive ketones (excluding diaryl/α,β-unsaturated/α-hetero) is 1. The van der Waals surface area contributed by atoms with Crippen molar-refractivity contribution in [2.24, 2.45) is 0 Å². The van der Waals surface area contributed by atoms with Crippen molar-refractivity contribution < 1.29 is 37.0 Å². The lowest BCUT2D eigenvalue weighted by Gasteiger charge is -2.25. The molecule has 0 radical (unpaired) electrons. The molecule has 1 amide bonds. The maximum absolute atomic E-state index is 13.6. The van der Waals surface area contributed by atoms with E-state index < -0.39 is 41.0 Å². The molecule has 1 heterocycles. The Labute approximate surface area is 197 Å². The first-order valence-corrected chi connectivity index (χ1v) is 10.4. The SMILES string of the molecule is COc1ccc(/C(O)=C2/C(=O)C(=O)N(c3ccc(C(F)(F)F)cc3)C2c2ccc(F)cc2)cc1C. The quantitative estimate of drug-likeness (QED) is 0.220. The van der Waals surface area contributed by atoms with Crippen LogP contribution in [0.4, 0.5) is 23.2 Å². The van der Waals surface area contributed by atoms with E-state index in [9.17, 15) is 32.3 Å². The highest BCUT2D eigenvalue weighted by molar-refractivity contribution is 6.51. The Morgan fingerprint density at radius 2 is 1.60 bits per heavy atom. The number of nitrogens with zero attached hydrogens (tertiary/aromatic N) is 1. The van der Waals surface area contributed by atoms with Gasteiger partial charge >= 0.3 is 6.18 Å². The van der Waals surface area contributed by atoms with Crippen molar-refractivity contribution in [3.8, 4) is 5.75 Å². The monoisotopic (exact) mass is 485 g/mol. The first-order valence-electron chi connectivity index (χ1n) is 10.4. The minimum atomic E-state index is -4.59. The Balaban J connectivity index is 1.90. The Kier molecular flexibility index (Phi) is 6.10. The zero-order chi connectivity index (χ0) is 25.5. The van der Waals surface area contributed by atoms with Gasteiger partial charge in [0.15, 0.2) is 0 Å². The maximum atomic E-state index is 13.6. The number of carbonyl (C=O) groups excluding carboxylic acids is 2. The molecule has 0 spiro atoms. The summed E-state index contributed by atoms with van der Waals surface area (Å²) in [6.45, 7) is 1.73. The molecular formula is C26H19F4NO4. The molecule has 0 bridgehead atoms. The lowest BCUT2D eigenvalue weighted by atomic mass is 9.94. The van der Waals surface area contributed by atoms with Gasteiger partial charge in [-0.2, -0.15) is 13.2 Å². The van der Waals surface area contributed by atoms with E-state index in [1.54, 1.807) is 19.1 Å². The van der Waals surface area contributed by atoms with Gasteiger partial charge in [0, 0.05) is 11.3 Å². The number of hydrogen-bond donors (Lipinski definition) is 1. The highest BCUT2D eigenvalue weighted by atomic mass is 19.4. The lowest BCUT2D eigenvalue weighted by Crippen LogP contribution is -2.29. The number of alkyl halides is 3. The number of benzene rings is 3. The van der Waals surface area contributed by atoms with Gasteiger partial charge in [-0.3, -0.25) is 14.5 Å².